The predicted molar refractivity (Wildman–Crippen MR) is 92.5 cm³/mol. The summed E-state index contributed by atoms with van der Waals surface area (Å²) in [6, 6.07) is -0.835. The molecule has 4 heterocycles. The molecule has 10 nitrogen and oxygen atoms in total. The Morgan fingerprint density at radius 1 is 1.54 bits per heavy atom. The molecule has 0 spiro atoms. The summed E-state index contributed by atoms with van der Waals surface area (Å²) in [6.07, 6.45) is -0.351. The Kier molecular flexibility index (Phi) is 3.88. The van der Waals surface area contributed by atoms with E-state index in [-0.39, 0.29) is 28.3 Å². The molecule has 3 aliphatic heterocycles. The molecule has 2 amide bonds. The third kappa shape index (κ3) is 2.36. The summed E-state index contributed by atoms with van der Waals surface area (Å²) in [6.45, 7) is 1.76. The fraction of sp³-hybridized carbons (Fsp3) is 0.357. The van der Waals surface area contributed by atoms with Crippen molar-refractivity contribution in [1.82, 2.24) is 15.2 Å². The molecule has 1 fully saturated rings. The number of cyclic esters (lactones) is 1. The Labute approximate surface area is 155 Å². The Morgan fingerprint density at radius 2 is 2.31 bits per heavy atom. The molecule has 12 heteroatoms. The highest BCUT2D eigenvalue weighted by Crippen LogP contribution is 2.44. The number of rotatable bonds is 3. The van der Waals surface area contributed by atoms with Crippen molar-refractivity contribution in [3.63, 3.8) is 0 Å². The first-order chi connectivity index (χ1) is 12.4. The van der Waals surface area contributed by atoms with E-state index in [0.29, 0.717) is 5.75 Å². The normalized spacial score (nSPS) is 27.7. The second-order valence-corrected chi connectivity index (χ2v) is 7.80. The number of nitrogens with one attached hydrogen (secondary N) is 1. The van der Waals surface area contributed by atoms with Crippen molar-refractivity contribution in [1.29, 1.82) is 0 Å². The van der Waals surface area contributed by atoms with Crippen molar-refractivity contribution < 1.29 is 24.3 Å². The minimum atomic E-state index is -0.835. The average molecular weight is 395 g/mol. The molecule has 1 aromatic rings. The number of thioether (sulfide) groups is 1. The minimum absolute atomic E-state index is 0.116. The molecule has 0 bridgehead atoms. The highest BCUT2D eigenvalue weighted by Gasteiger charge is 2.56. The molecular weight excluding hydrogens is 382 g/mol. The number of aromatic nitrogens is 1. The number of β-lactam (4-membered cyclic amide) rings is 1. The zero-order valence-corrected chi connectivity index (χ0v) is 15.0. The highest BCUT2D eigenvalue weighted by molar-refractivity contribution is 8.00. The van der Waals surface area contributed by atoms with E-state index >= 15 is 0 Å². The number of nitrogens with two attached hydrogens (primary N) is 1. The number of anilines is 1. The summed E-state index contributed by atoms with van der Waals surface area (Å²) < 4.78 is 5.16. The number of amides is 2. The first-order valence-corrected chi connectivity index (χ1v) is 9.48. The quantitative estimate of drug-likeness (QED) is 0.204. The van der Waals surface area contributed by atoms with E-state index < -0.39 is 29.2 Å². The van der Waals surface area contributed by atoms with Gasteiger partial charge in [0, 0.05) is 16.7 Å². The largest absolute Gasteiger partial charge is 0.453 e. The van der Waals surface area contributed by atoms with E-state index in [2.05, 4.69) is 15.5 Å². The number of carbonyl (C=O) groups excluding carboxylic acids is 3. The van der Waals surface area contributed by atoms with E-state index in [1.807, 2.05) is 0 Å². The highest BCUT2D eigenvalue weighted by atomic mass is 32.2. The molecule has 0 radical (unpaired) electrons. The second kappa shape index (κ2) is 5.99. The molecule has 3 atom stereocenters. The van der Waals surface area contributed by atoms with Gasteiger partial charge in [0.2, 0.25) is 0 Å². The average Bonchev–Trinajstić information content (AvgIpc) is 3.15. The molecule has 3 aliphatic rings. The van der Waals surface area contributed by atoms with E-state index in [1.54, 1.807) is 6.92 Å². The van der Waals surface area contributed by atoms with Crippen LogP contribution in [0, 0.1) is 0 Å². The molecule has 1 saturated heterocycles. The van der Waals surface area contributed by atoms with Crippen molar-refractivity contribution in [3.8, 4) is 0 Å². The number of nitrogens with zero attached hydrogens (tertiary/aromatic N) is 3. The standard InChI is InChI=1S/C14H13N5O5S2/c1-4-5-2-25-12-8(11(21)19(12)9(5)13(22)24-4)17-10(20)7(18-23)6-3-26-14(15)16-6/h3-4,8,12,23H,2H2,1H3,(H2,15,16)(H,17,20)/b18-7+/t4-,8-,12+/m1/s1. The predicted octanol–water partition coefficient (Wildman–Crippen LogP) is -0.497. The fourth-order valence-corrected chi connectivity index (χ4v) is 5.05. The number of carbonyl (C=O) groups is 3. The number of hydrogen-bond acceptors (Lipinski definition) is 10. The van der Waals surface area contributed by atoms with E-state index in [9.17, 15) is 14.4 Å². The van der Waals surface area contributed by atoms with Crippen LogP contribution >= 0.6 is 23.1 Å². The van der Waals surface area contributed by atoms with Crippen molar-refractivity contribution in [2.24, 2.45) is 5.16 Å². The maximum absolute atomic E-state index is 12.5. The lowest BCUT2D eigenvalue weighted by Gasteiger charge is -2.48. The van der Waals surface area contributed by atoms with Gasteiger partial charge in [0.25, 0.3) is 11.8 Å². The van der Waals surface area contributed by atoms with Gasteiger partial charge in [-0.1, -0.05) is 5.16 Å². The fourth-order valence-electron chi connectivity index (χ4n) is 3.05. The lowest BCUT2D eigenvalue weighted by molar-refractivity contribution is -0.151. The van der Waals surface area contributed by atoms with Gasteiger partial charge in [-0.25, -0.2) is 9.78 Å². The van der Waals surface area contributed by atoms with Crippen LogP contribution in [-0.2, 0) is 19.1 Å². The van der Waals surface area contributed by atoms with Gasteiger partial charge in [0.1, 0.15) is 28.9 Å². The van der Waals surface area contributed by atoms with Gasteiger partial charge in [-0.15, -0.1) is 23.1 Å². The van der Waals surface area contributed by atoms with Crippen molar-refractivity contribution in [3.05, 3.63) is 22.3 Å². The molecule has 1 aromatic heterocycles. The Morgan fingerprint density at radius 3 is 2.96 bits per heavy atom. The van der Waals surface area contributed by atoms with Gasteiger partial charge in [0.05, 0.1) is 0 Å². The third-order valence-corrected chi connectivity index (χ3v) is 6.31. The molecule has 4 N–H and O–H groups in total. The molecular formula is C14H13N5O5S2. The Balaban J connectivity index is 1.51. The van der Waals surface area contributed by atoms with Crippen LogP contribution in [0.4, 0.5) is 5.13 Å². The summed E-state index contributed by atoms with van der Waals surface area (Å²) in [5.41, 5.74) is 6.36. The summed E-state index contributed by atoms with van der Waals surface area (Å²) in [5, 5.41) is 15.9. The number of hydrogen-bond donors (Lipinski definition) is 3. The first-order valence-electron chi connectivity index (χ1n) is 7.55. The Bertz CT molecular complexity index is 894. The summed E-state index contributed by atoms with van der Waals surface area (Å²) in [5.74, 6) is -1.15. The minimum Gasteiger partial charge on any atom is -0.453 e. The van der Waals surface area contributed by atoms with Crippen LogP contribution in [0.2, 0.25) is 0 Å². The molecule has 26 heavy (non-hydrogen) atoms. The third-order valence-electron chi connectivity index (χ3n) is 4.33. The first kappa shape index (κ1) is 16.8. The van der Waals surface area contributed by atoms with Crippen molar-refractivity contribution in [2.75, 3.05) is 11.5 Å². The SMILES string of the molecule is C[C@H]1OC(=O)C2=C1CS[C@H]1[C@H](NC(=O)/C(=N/O)c3csc(N)n3)C(=O)N21. The van der Waals surface area contributed by atoms with E-state index in [4.69, 9.17) is 15.7 Å². The summed E-state index contributed by atoms with van der Waals surface area (Å²) >= 11 is 2.52. The molecule has 136 valence electrons. The number of thiazole rings is 1. The molecule has 0 unspecified atom stereocenters. The monoisotopic (exact) mass is 395 g/mol. The van der Waals surface area contributed by atoms with E-state index in [1.165, 1.54) is 22.0 Å². The van der Waals surface area contributed by atoms with Crippen LogP contribution in [0.25, 0.3) is 0 Å². The van der Waals surface area contributed by atoms with Gasteiger partial charge < -0.3 is 21.0 Å². The van der Waals surface area contributed by atoms with Gasteiger partial charge >= 0.3 is 5.97 Å². The van der Waals surface area contributed by atoms with Gasteiger partial charge in [-0.3, -0.25) is 14.5 Å². The summed E-state index contributed by atoms with van der Waals surface area (Å²) in [7, 11) is 0. The maximum atomic E-state index is 12.5. The molecule has 4 rings (SSSR count). The zero-order chi connectivity index (χ0) is 18.6. The van der Waals surface area contributed by atoms with Crippen LogP contribution in [-0.4, -0.2) is 61.9 Å². The Hall–Kier alpha value is -2.60. The van der Waals surface area contributed by atoms with Gasteiger partial charge in [0.15, 0.2) is 10.8 Å². The van der Waals surface area contributed by atoms with E-state index in [0.717, 1.165) is 16.9 Å². The zero-order valence-electron chi connectivity index (χ0n) is 13.3. The van der Waals surface area contributed by atoms with Crippen LogP contribution < -0.4 is 11.1 Å². The summed E-state index contributed by atoms with van der Waals surface area (Å²) in [4.78, 5) is 42.1. The number of esters is 1. The smallest absolute Gasteiger partial charge is 0.355 e. The van der Waals surface area contributed by atoms with Gasteiger partial charge in [-0.05, 0) is 6.92 Å². The van der Waals surface area contributed by atoms with Crippen LogP contribution in [0.3, 0.4) is 0 Å². The van der Waals surface area contributed by atoms with Gasteiger partial charge in [-0.2, -0.15) is 0 Å². The molecule has 0 aliphatic carbocycles. The lowest BCUT2D eigenvalue weighted by Crippen LogP contribution is -2.70. The second-order valence-electron chi connectivity index (χ2n) is 5.80. The van der Waals surface area contributed by atoms with Crippen LogP contribution in [0.15, 0.2) is 21.8 Å². The number of nitrogen functional groups attached to an aromatic ring is 1. The van der Waals surface area contributed by atoms with Crippen molar-refractivity contribution >= 4 is 51.7 Å². The number of fused-ring (bicyclic) bond motifs is 2. The van der Waals surface area contributed by atoms with Crippen LogP contribution in [0.1, 0.15) is 12.6 Å². The maximum Gasteiger partial charge on any atom is 0.355 e. The molecule has 0 aromatic carbocycles. The molecule has 0 saturated carbocycles. The lowest BCUT2D eigenvalue weighted by atomic mass is 10.0. The van der Waals surface area contributed by atoms with Crippen LogP contribution in [0.5, 0.6) is 0 Å². The number of ether oxygens (including phenoxy) is 1. The topological polar surface area (TPSA) is 147 Å². The van der Waals surface area contributed by atoms with Crippen molar-refractivity contribution in [2.45, 2.75) is 24.4 Å². The number of oxime groups is 1.